The molecule has 0 radical (unpaired) electrons. The maximum absolute atomic E-state index is 12.0. The van der Waals surface area contributed by atoms with E-state index >= 15 is 0 Å². The maximum atomic E-state index is 12.0. The van der Waals surface area contributed by atoms with Crippen molar-refractivity contribution < 1.29 is 14.7 Å². The van der Waals surface area contributed by atoms with Crippen molar-refractivity contribution in [3.8, 4) is 0 Å². The van der Waals surface area contributed by atoms with Gasteiger partial charge in [-0.3, -0.25) is 14.7 Å². The lowest BCUT2D eigenvalue weighted by molar-refractivity contribution is -0.138. The van der Waals surface area contributed by atoms with Gasteiger partial charge < -0.3 is 10.4 Å². The van der Waals surface area contributed by atoms with E-state index in [2.05, 4.69) is 15.5 Å². The lowest BCUT2D eigenvalue weighted by Gasteiger charge is -2.13. The number of hydrogen-bond donors (Lipinski definition) is 3. The predicted molar refractivity (Wildman–Crippen MR) is 74.5 cm³/mol. The molecule has 1 aromatic carbocycles. The van der Waals surface area contributed by atoms with Gasteiger partial charge in [-0.2, -0.15) is 5.10 Å². The highest BCUT2D eigenvalue weighted by molar-refractivity contribution is 5.97. The van der Waals surface area contributed by atoms with Crippen molar-refractivity contribution in [1.82, 2.24) is 15.5 Å². The number of benzene rings is 1. The molecule has 1 amide bonds. The average molecular weight is 275 g/mol. The molecule has 0 saturated carbocycles. The molecule has 0 aliphatic carbocycles. The zero-order valence-electron chi connectivity index (χ0n) is 11.2. The Morgan fingerprint density at radius 3 is 2.95 bits per heavy atom. The fraction of sp³-hybridized carbons (Fsp3) is 0.357. The molecule has 1 unspecified atom stereocenters. The molecule has 1 atom stereocenters. The standard InChI is InChI=1S/C14H17N3O3/c1-2-9(5-13(18)19)7-15-14(20)10-3-4-11-8-16-17-12(11)6-10/h3-4,6,8-9H,2,5,7H2,1H3,(H,15,20)(H,16,17)(H,18,19). The van der Waals surface area contributed by atoms with Crippen molar-refractivity contribution in [2.45, 2.75) is 19.8 Å². The maximum Gasteiger partial charge on any atom is 0.303 e. The molecule has 3 N–H and O–H groups in total. The second-order valence-electron chi connectivity index (χ2n) is 4.75. The Morgan fingerprint density at radius 1 is 1.45 bits per heavy atom. The Balaban J connectivity index is 1.98. The number of aromatic amines is 1. The number of carboxylic acids is 1. The number of nitrogens with zero attached hydrogens (tertiary/aromatic N) is 1. The van der Waals surface area contributed by atoms with Crippen LogP contribution in [0.2, 0.25) is 0 Å². The molecule has 0 aliphatic heterocycles. The lowest BCUT2D eigenvalue weighted by atomic mass is 10.0. The quantitative estimate of drug-likeness (QED) is 0.749. The summed E-state index contributed by atoms with van der Waals surface area (Å²) in [7, 11) is 0. The molecule has 0 fully saturated rings. The molecule has 106 valence electrons. The van der Waals surface area contributed by atoms with E-state index in [0.717, 1.165) is 10.9 Å². The van der Waals surface area contributed by atoms with Gasteiger partial charge in [0.1, 0.15) is 0 Å². The summed E-state index contributed by atoms with van der Waals surface area (Å²) in [6.07, 6.45) is 2.47. The Hall–Kier alpha value is -2.37. The van der Waals surface area contributed by atoms with Crippen LogP contribution in [0, 0.1) is 5.92 Å². The summed E-state index contributed by atoms with van der Waals surface area (Å²) in [5, 5.41) is 19.2. The van der Waals surface area contributed by atoms with E-state index in [0.29, 0.717) is 18.5 Å². The molecule has 0 bridgehead atoms. The first-order valence-electron chi connectivity index (χ1n) is 6.53. The molecule has 1 aromatic heterocycles. The van der Waals surface area contributed by atoms with E-state index in [9.17, 15) is 9.59 Å². The Kier molecular flexibility index (Phi) is 4.34. The van der Waals surface area contributed by atoms with Crippen LogP contribution in [-0.4, -0.2) is 33.7 Å². The van der Waals surface area contributed by atoms with Crippen LogP contribution in [-0.2, 0) is 4.79 Å². The minimum atomic E-state index is -0.843. The van der Waals surface area contributed by atoms with Crippen molar-refractivity contribution in [1.29, 1.82) is 0 Å². The van der Waals surface area contributed by atoms with Gasteiger partial charge in [0.05, 0.1) is 11.7 Å². The van der Waals surface area contributed by atoms with Crippen molar-refractivity contribution in [2.24, 2.45) is 5.92 Å². The van der Waals surface area contributed by atoms with Crippen LogP contribution in [0.15, 0.2) is 24.4 Å². The monoisotopic (exact) mass is 275 g/mol. The average Bonchev–Trinajstić information content (AvgIpc) is 2.89. The Bertz CT molecular complexity index is 621. The van der Waals surface area contributed by atoms with Gasteiger partial charge in [0.15, 0.2) is 0 Å². The van der Waals surface area contributed by atoms with Crippen molar-refractivity contribution in [2.75, 3.05) is 6.54 Å². The number of carbonyl (C=O) groups excluding carboxylic acids is 1. The molecule has 0 spiro atoms. The number of aliphatic carboxylic acids is 1. The molecule has 6 heteroatoms. The molecule has 20 heavy (non-hydrogen) atoms. The van der Waals surface area contributed by atoms with Crippen LogP contribution in [0.4, 0.5) is 0 Å². The molecule has 1 heterocycles. The van der Waals surface area contributed by atoms with Gasteiger partial charge in [-0.25, -0.2) is 0 Å². The summed E-state index contributed by atoms with van der Waals surface area (Å²) in [5.41, 5.74) is 1.34. The topological polar surface area (TPSA) is 95.1 Å². The minimum Gasteiger partial charge on any atom is -0.481 e. The molecule has 2 rings (SSSR count). The smallest absolute Gasteiger partial charge is 0.303 e. The highest BCUT2D eigenvalue weighted by atomic mass is 16.4. The van der Waals surface area contributed by atoms with Gasteiger partial charge in [-0.05, 0) is 18.1 Å². The van der Waals surface area contributed by atoms with Crippen molar-refractivity contribution >= 4 is 22.8 Å². The van der Waals surface area contributed by atoms with Crippen LogP contribution in [0.1, 0.15) is 30.1 Å². The summed E-state index contributed by atoms with van der Waals surface area (Å²) in [6.45, 7) is 2.28. The van der Waals surface area contributed by atoms with Crippen molar-refractivity contribution in [3.63, 3.8) is 0 Å². The van der Waals surface area contributed by atoms with Crippen LogP contribution in [0.5, 0.6) is 0 Å². The first kappa shape index (κ1) is 14.0. The van der Waals surface area contributed by atoms with E-state index in [-0.39, 0.29) is 18.2 Å². The normalized spacial score (nSPS) is 12.2. The minimum absolute atomic E-state index is 0.0488. The first-order valence-corrected chi connectivity index (χ1v) is 6.53. The number of hydrogen-bond acceptors (Lipinski definition) is 3. The summed E-state index contributed by atoms with van der Waals surface area (Å²) in [4.78, 5) is 22.7. The molecule has 0 saturated heterocycles. The number of nitrogens with one attached hydrogen (secondary N) is 2. The number of aromatic nitrogens is 2. The van der Waals surface area contributed by atoms with Gasteiger partial charge >= 0.3 is 5.97 Å². The fourth-order valence-corrected chi connectivity index (χ4v) is 2.03. The molecular weight excluding hydrogens is 258 g/mol. The summed E-state index contributed by atoms with van der Waals surface area (Å²) in [6, 6.07) is 5.28. The van der Waals surface area contributed by atoms with E-state index < -0.39 is 5.97 Å². The van der Waals surface area contributed by atoms with Gasteiger partial charge in [-0.1, -0.05) is 19.4 Å². The van der Waals surface area contributed by atoms with Gasteiger partial charge in [0.2, 0.25) is 0 Å². The van der Waals surface area contributed by atoms with E-state index in [1.54, 1.807) is 18.3 Å². The predicted octanol–water partition coefficient (Wildman–Crippen LogP) is 1.79. The van der Waals surface area contributed by atoms with Gasteiger partial charge in [0, 0.05) is 23.9 Å². The highest BCUT2D eigenvalue weighted by Crippen LogP contribution is 2.13. The third-order valence-electron chi connectivity index (χ3n) is 3.30. The summed E-state index contributed by atoms with van der Waals surface area (Å²) in [5.74, 6) is -1.09. The van der Waals surface area contributed by atoms with E-state index in [1.807, 2.05) is 13.0 Å². The van der Waals surface area contributed by atoms with Crippen LogP contribution < -0.4 is 5.32 Å². The van der Waals surface area contributed by atoms with Crippen LogP contribution in [0.3, 0.4) is 0 Å². The first-order chi connectivity index (χ1) is 9.60. The second-order valence-corrected chi connectivity index (χ2v) is 4.75. The number of amides is 1. The number of H-pyrrole nitrogens is 1. The largest absolute Gasteiger partial charge is 0.481 e. The Labute approximate surface area is 116 Å². The van der Waals surface area contributed by atoms with E-state index in [1.165, 1.54) is 0 Å². The molecule has 0 aliphatic rings. The number of rotatable bonds is 6. The highest BCUT2D eigenvalue weighted by Gasteiger charge is 2.13. The van der Waals surface area contributed by atoms with E-state index in [4.69, 9.17) is 5.11 Å². The number of fused-ring (bicyclic) bond motifs is 1. The Morgan fingerprint density at radius 2 is 2.25 bits per heavy atom. The van der Waals surface area contributed by atoms with Crippen molar-refractivity contribution in [3.05, 3.63) is 30.0 Å². The fourth-order valence-electron chi connectivity index (χ4n) is 2.03. The molecule has 6 nitrogen and oxygen atoms in total. The van der Waals surface area contributed by atoms with Crippen LogP contribution in [0.25, 0.3) is 10.9 Å². The second kappa shape index (κ2) is 6.18. The zero-order valence-corrected chi connectivity index (χ0v) is 11.2. The molecular formula is C14H17N3O3. The zero-order chi connectivity index (χ0) is 14.5. The number of carbonyl (C=O) groups is 2. The van der Waals surface area contributed by atoms with Gasteiger partial charge in [0.25, 0.3) is 5.91 Å². The SMILES string of the molecule is CCC(CNC(=O)c1ccc2cn[nH]c2c1)CC(=O)O. The third kappa shape index (κ3) is 3.34. The summed E-state index contributed by atoms with van der Waals surface area (Å²) < 4.78 is 0. The molecule has 2 aromatic rings. The van der Waals surface area contributed by atoms with Crippen LogP contribution >= 0.6 is 0 Å². The lowest BCUT2D eigenvalue weighted by Crippen LogP contribution is -2.30. The summed E-state index contributed by atoms with van der Waals surface area (Å²) >= 11 is 0. The third-order valence-corrected chi connectivity index (χ3v) is 3.30. The number of carboxylic acid groups (broad SMARTS) is 1. The van der Waals surface area contributed by atoms with Gasteiger partial charge in [-0.15, -0.1) is 0 Å².